The van der Waals surface area contributed by atoms with E-state index in [1.165, 1.54) is 0 Å². The van der Waals surface area contributed by atoms with Crippen LogP contribution in [-0.2, 0) is 6.54 Å². The van der Waals surface area contributed by atoms with Crippen LogP contribution in [-0.4, -0.2) is 42.5 Å². The molecule has 3 N–H and O–H groups in total. The van der Waals surface area contributed by atoms with Crippen LogP contribution < -0.4 is 11.1 Å². The first-order chi connectivity index (χ1) is 8.95. The average Bonchev–Trinajstić information content (AvgIpc) is 2.38. The predicted molar refractivity (Wildman–Crippen MR) is 76.8 cm³/mol. The van der Waals surface area contributed by atoms with Crippen LogP contribution in [0.5, 0.6) is 0 Å². The lowest BCUT2D eigenvalue weighted by Gasteiger charge is -2.28. The predicted octanol–water partition coefficient (Wildman–Crippen LogP) is 0.856. The Bertz CT molecular complexity index is 410. The SMILES string of the molecule is CC(C)C(CNC(=O)c1ccnc(CN)c1)N(C)C. The topological polar surface area (TPSA) is 71.2 Å². The van der Waals surface area contributed by atoms with Crippen LogP contribution in [0.1, 0.15) is 29.9 Å². The van der Waals surface area contributed by atoms with Crippen molar-refractivity contribution in [1.82, 2.24) is 15.2 Å². The molecule has 0 aliphatic rings. The molecular weight excluding hydrogens is 240 g/mol. The molecule has 1 aromatic rings. The maximum atomic E-state index is 12.1. The summed E-state index contributed by atoms with van der Waals surface area (Å²) in [6.45, 7) is 5.27. The molecule has 0 bridgehead atoms. The van der Waals surface area contributed by atoms with E-state index in [1.54, 1.807) is 18.3 Å². The Hall–Kier alpha value is -1.46. The quantitative estimate of drug-likeness (QED) is 0.799. The number of rotatable bonds is 6. The maximum absolute atomic E-state index is 12.1. The molecule has 106 valence electrons. The smallest absolute Gasteiger partial charge is 0.251 e. The zero-order valence-electron chi connectivity index (χ0n) is 12.2. The number of nitrogens with one attached hydrogen (secondary N) is 1. The number of nitrogens with zero attached hydrogens (tertiary/aromatic N) is 2. The molecule has 5 nitrogen and oxygen atoms in total. The van der Waals surface area contributed by atoms with Gasteiger partial charge in [0.15, 0.2) is 0 Å². The minimum Gasteiger partial charge on any atom is -0.350 e. The van der Waals surface area contributed by atoms with Gasteiger partial charge in [0.1, 0.15) is 0 Å². The lowest BCUT2D eigenvalue weighted by molar-refractivity contribution is 0.0934. The van der Waals surface area contributed by atoms with Crippen LogP contribution in [0.2, 0.25) is 0 Å². The summed E-state index contributed by atoms with van der Waals surface area (Å²) >= 11 is 0. The first-order valence-electron chi connectivity index (χ1n) is 6.55. The molecule has 1 unspecified atom stereocenters. The summed E-state index contributed by atoms with van der Waals surface area (Å²) in [5.74, 6) is 0.400. The summed E-state index contributed by atoms with van der Waals surface area (Å²) in [4.78, 5) is 18.3. The Labute approximate surface area is 115 Å². The average molecular weight is 264 g/mol. The van der Waals surface area contributed by atoms with Crippen molar-refractivity contribution >= 4 is 5.91 Å². The number of pyridine rings is 1. The van der Waals surface area contributed by atoms with Gasteiger partial charge < -0.3 is 16.0 Å². The highest BCUT2D eigenvalue weighted by Crippen LogP contribution is 2.07. The van der Waals surface area contributed by atoms with Crippen molar-refractivity contribution in [3.8, 4) is 0 Å². The van der Waals surface area contributed by atoms with Crippen LogP contribution in [0.25, 0.3) is 0 Å². The van der Waals surface area contributed by atoms with E-state index >= 15 is 0 Å². The first-order valence-corrected chi connectivity index (χ1v) is 6.55. The van der Waals surface area contributed by atoms with E-state index in [2.05, 4.69) is 29.0 Å². The minimum atomic E-state index is -0.0791. The standard InChI is InChI=1S/C14H24N4O/c1-10(2)13(18(3)4)9-17-14(19)11-5-6-16-12(7-11)8-15/h5-7,10,13H,8-9,15H2,1-4H3,(H,17,19). The van der Waals surface area contributed by atoms with Gasteiger partial charge in [-0.2, -0.15) is 0 Å². The van der Waals surface area contributed by atoms with Gasteiger partial charge in [-0.3, -0.25) is 9.78 Å². The molecule has 1 aromatic heterocycles. The number of aromatic nitrogens is 1. The number of hydrogen-bond donors (Lipinski definition) is 2. The van der Waals surface area contributed by atoms with Gasteiger partial charge in [-0.1, -0.05) is 13.8 Å². The van der Waals surface area contributed by atoms with E-state index in [0.29, 0.717) is 30.6 Å². The molecule has 19 heavy (non-hydrogen) atoms. The second kappa shape index (κ2) is 7.21. The number of likely N-dealkylation sites (N-methyl/N-ethyl adjacent to an activating group) is 1. The van der Waals surface area contributed by atoms with Crippen LogP contribution >= 0.6 is 0 Å². The Morgan fingerprint density at radius 2 is 2.16 bits per heavy atom. The zero-order valence-corrected chi connectivity index (χ0v) is 12.2. The largest absolute Gasteiger partial charge is 0.350 e. The number of carbonyl (C=O) groups is 1. The monoisotopic (exact) mass is 264 g/mol. The van der Waals surface area contributed by atoms with Gasteiger partial charge in [-0.15, -0.1) is 0 Å². The fraction of sp³-hybridized carbons (Fsp3) is 0.571. The highest BCUT2D eigenvalue weighted by atomic mass is 16.1. The normalized spacial score (nSPS) is 12.8. The third kappa shape index (κ3) is 4.61. The molecule has 0 saturated carbocycles. The van der Waals surface area contributed by atoms with Crippen molar-refractivity contribution < 1.29 is 4.79 Å². The molecule has 0 aliphatic heterocycles. The van der Waals surface area contributed by atoms with Gasteiger partial charge in [-0.05, 0) is 32.1 Å². The van der Waals surface area contributed by atoms with Gasteiger partial charge in [0, 0.05) is 30.9 Å². The lowest BCUT2D eigenvalue weighted by Crippen LogP contribution is -2.43. The second-order valence-corrected chi connectivity index (χ2v) is 5.22. The molecule has 1 atom stereocenters. The molecule has 5 heteroatoms. The van der Waals surface area contributed by atoms with E-state index < -0.39 is 0 Å². The van der Waals surface area contributed by atoms with E-state index in [9.17, 15) is 4.79 Å². The number of carbonyl (C=O) groups excluding carboxylic acids is 1. The minimum absolute atomic E-state index is 0.0791. The van der Waals surface area contributed by atoms with Crippen molar-refractivity contribution in [2.24, 2.45) is 11.7 Å². The van der Waals surface area contributed by atoms with Gasteiger partial charge in [-0.25, -0.2) is 0 Å². The van der Waals surface area contributed by atoms with Crippen molar-refractivity contribution in [2.75, 3.05) is 20.6 Å². The number of hydrogen-bond acceptors (Lipinski definition) is 4. The van der Waals surface area contributed by atoms with E-state index in [1.807, 2.05) is 14.1 Å². The van der Waals surface area contributed by atoms with Crippen molar-refractivity contribution in [3.63, 3.8) is 0 Å². The third-order valence-electron chi connectivity index (χ3n) is 3.19. The Balaban J connectivity index is 2.64. The van der Waals surface area contributed by atoms with Crippen molar-refractivity contribution in [3.05, 3.63) is 29.6 Å². The lowest BCUT2D eigenvalue weighted by atomic mass is 10.0. The molecule has 0 radical (unpaired) electrons. The molecule has 0 aromatic carbocycles. The van der Waals surface area contributed by atoms with Gasteiger partial charge in [0.25, 0.3) is 5.91 Å². The van der Waals surface area contributed by atoms with Crippen LogP contribution in [0.15, 0.2) is 18.3 Å². The summed E-state index contributed by atoms with van der Waals surface area (Å²) in [6, 6.07) is 3.75. The molecule has 1 heterocycles. The summed E-state index contributed by atoms with van der Waals surface area (Å²) < 4.78 is 0. The number of nitrogens with two attached hydrogens (primary N) is 1. The zero-order chi connectivity index (χ0) is 14.4. The molecule has 1 amide bonds. The molecule has 0 fully saturated rings. The second-order valence-electron chi connectivity index (χ2n) is 5.22. The first kappa shape index (κ1) is 15.6. The highest BCUT2D eigenvalue weighted by molar-refractivity contribution is 5.94. The van der Waals surface area contributed by atoms with E-state index in [4.69, 9.17) is 5.73 Å². The molecule has 0 saturated heterocycles. The van der Waals surface area contributed by atoms with Gasteiger partial charge in [0.05, 0.1) is 5.69 Å². The van der Waals surface area contributed by atoms with Crippen LogP contribution in [0.3, 0.4) is 0 Å². The maximum Gasteiger partial charge on any atom is 0.251 e. The van der Waals surface area contributed by atoms with Crippen LogP contribution in [0.4, 0.5) is 0 Å². The summed E-state index contributed by atoms with van der Waals surface area (Å²) in [5.41, 5.74) is 6.85. The van der Waals surface area contributed by atoms with Gasteiger partial charge in [0.2, 0.25) is 0 Å². The Morgan fingerprint density at radius 3 is 2.68 bits per heavy atom. The summed E-state index contributed by atoms with van der Waals surface area (Å²) in [6.07, 6.45) is 1.61. The summed E-state index contributed by atoms with van der Waals surface area (Å²) in [5, 5.41) is 2.96. The molecular formula is C14H24N4O. The molecule has 0 spiro atoms. The fourth-order valence-corrected chi connectivity index (χ4v) is 2.04. The van der Waals surface area contributed by atoms with Crippen LogP contribution in [0, 0.1) is 5.92 Å². The summed E-state index contributed by atoms with van der Waals surface area (Å²) in [7, 11) is 4.05. The Kier molecular flexibility index (Phi) is 5.92. The van der Waals surface area contributed by atoms with Gasteiger partial charge >= 0.3 is 0 Å². The molecule has 0 aliphatic carbocycles. The highest BCUT2D eigenvalue weighted by Gasteiger charge is 2.17. The van der Waals surface area contributed by atoms with Crippen molar-refractivity contribution in [2.45, 2.75) is 26.4 Å². The van der Waals surface area contributed by atoms with E-state index in [-0.39, 0.29) is 5.91 Å². The molecule has 1 rings (SSSR count). The number of amides is 1. The third-order valence-corrected chi connectivity index (χ3v) is 3.19. The van der Waals surface area contributed by atoms with Crippen molar-refractivity contribution in [1.29, 1.82) is 0 Å². The Morgan fingerprint density at radius 1 is 1.47 bits per heavy atom. The van der Waals surface area contributed by atoms with E-state index in [0.717, 1.165) is 5.69 Å². The fourth-order valence-electron chi connectivity index (χ4n) is 2.04.